The third-order valence-corrected chi connectivity index (χ3v) is 12.7. The van der Waals surface area contributed by atoms with E-state index in [0.717, 1.165) is 60.7 Å². The summed E-state index contributed by atoms with van der Waals surface area (Å²) in [5, 5.41) is 33.7. The fourth-order valence-corrected chi connectivity index (χ4v) is 8.29. The maximum Gasteiger partial charge on any atom is 0.397 e. The predicted octanol–water partition coefficient (Wildman–Crippen LogP) is 4.24. The van der Waals surface area contributed by atoms with Crippen LogP contribution in [0.5, 0.6) is 5.75 Å². The smallest absolute Gasteiger partial charge is 0.397 e. The molecular weight excluding hydrogens is 921 g/mol. The number of rotatable bonds is 19. The van der Waals surface area contributed by atoms with Gasteiger partial charge in [0.2, 0.25) is 0 Å². The third-order valence-electron chi connectivity index (χ3n) is 7.50. The Labute approximate surface area is 346 Å². The molecule has 0 aromatic heterocycles. The van der Waals surface area contributed by atoms with Gasteiger partial charge in [-0.25, -0.2) is 30.0 Å². The average Bonchev–Trinajstić information content (AvgIpc) is 3.15. The lowest BCUT2D eigenvalue weighted by Crippen LogP contribution is -2.15. The van der Waals surface area contributed by atoms with Gasteiger partial charge >= 0.3 is 26.8 Å². The number of aromatic carboxylic acids is 1. The Morgan fingerprint density at radius 1 is 0.590 bits per heavy atom. The Balaban J connectivity index is 1.83. The van der Waals surface area contributed by atoms with Crippen LogP contribution in [0.15, 0.2) is 112 Å². The van der Waals surface area contributed by atoms with Gasteiger partial charge in [0.05, 0.1) is 64.4 Å². The van der Waals surface area contributed by atoms with Gasteiger partial charge in [-0.15, -0.1) is 20.5 Å². The molecule has 0 heterocycles. The van der Waals surface area contributed by atoms with Crippen molar-refractivity contribution in [3.05, 3.63) is 72.3 Å². The molecule has 0 saturated carbocycles. The molecule has 328 valence electrons. The lowest BCUT2D eigenvalue weighted by atomic mass is 10.1. The molecule has 4 aromatic rings. The second-order valence-corrected chi connectivity index (χ2v) is 19.4. The van der Waals surface area contributed by atoms with Gasteiger partial charge in [-0.2, -0.15) is 35.5 Å². The largest absolute Gasteiger partial charge is 0.497 e. The van der Waals surface area contributed by atoms with E-state index in [1.54, 1.807) is 0 Å². The summed E-state index contributed by atoms with van der Waals surface area (Å²) in [6, 6.07) is 11.9. The standard InChI is InChI=1S/C30H30N8O18S5/c1-54-19-6-11-22(23(16-19)59(45,46)47)35-37-28-24(30(39)40)27(36-33-17-2-7-20(8-3-17)57(41,42)14-12-55-60(48,49)50)25(31)29(26(28)32)38-34-18-4-9-21(10-5-18)58(43,44)15-13-56-61(51,52)53/h2-11,16H,12-15,31-32H2,1H3,(H,39,40)(H,45,46,47)(H,48,49,50)(H,51,52,53). The molecule has 61 heavy (non-hydrogen) atoms. The highest BCUT2D eigenvalue weighted by molar-refractivity contribution is 7.91. The van der Waals surface area contributed by atoms with Crippen LogP contribution in [0.2, 0.25) is 0 Å². The Bertz CT molecular complexity index is 3000. The van der Waals surface area contributed by atoms with Crippen LogP contribution >= 0.6 is 0 Å². The van der Waals surface area contributed by atoms with Gasteiger partial charge < -0.3 is 21.3 Å². The number of benzene rings is 4. The van der Waals surface area contributed by atoms with Gasteiger partial charge in [0.1, 0.15) is 39.0 Å². The van der Waals surface area contributed by atoms with Gasteiger partial charge in [0.15, 0.2) is 19.7 Å². The number of carboxylic acid groups (broad SMARTS) is 1. The number of hydrogen-bond acceptors (Lipinski definition) is 22. The Kier molecular flexibility index (Phi) is 14.7. The minimum Gasteiger partial charge on any atom is -0.497 e. The summed E-state index contributed by atoms with van der Waals surface area (Å²) in [6.07, 6.45) is 0. The highest BCUT2D eigenvalue weighted by Crippen LogP contribution is 2.49. The maximum absolute atomic E-state index is 12.8. The van der Waals surface area contributed by atoms with E-state index in [0.29, 0.717) is 0 Å². The Morgan fingerprint density at radius 2 is 1.00 bits per heavy atom. The summed E-state index contributed by atoms with van der Waals surface area (Å²) in [4.78, 5) is 11.3. The fraction of sp³-hybridized carbons (Fsp3) is 0.167. The molecule has 4 aromatic carbocycles. The quantitative estimate of drug-likeness (QED) is 0.0435. The first-order valence-electron chi connectivity index (χ1n) is 16.0. The van der Waals surface area contributed by atoms with Gasteiger partial charge in [-0.1, -0.05) is 0 Å². The van der Waals surface area contributed by atoms with Gasteiger partial charge in [-0.3, -0.25) is 13.7 Å². The summed E-state index contributed by atoms with van der Waals surface area (Å²) in [7, 11) is -21.9. The van der Waals surface area contributed by atoms with Gasteiger partial charge in [0.25, 0.3) is 10.1 Å². The normalized spacial score (nSPS) is 13.0. The summed E-state index contributed by atoms with van der Waals surface area (Å²) in [5.74, 6) is -3.51. The van der Waals surface area contributed by atoms with Gasteiger partial charge in [-0.05, 0) is 60.7 Å². The predicted molar refractivity (Wildman–Crippen MR) is 210 cm³/mol. The first-order chi connectivity index (χ1) is 28.2. The van der Waals surface area contributed by atoms with Crippen LogP contribution in [0.4, 0.5) is 45.5 Å². The summed E-state index contributed by atoms with van der Waals surface area (Å²) >= 11 is 0. The average molecular weight is 951 g/mol. The van der Waals surface area contributed by atoms with Crippen LogP contribution in [-0.2, 0) is 59.0 Å². The molecule has 0 atom stereocenters. The molecule has 31 heteroatoms. The van der Waals surface area contributed by atoms with E-state index >= 15 is 0 Å². The number of carboxylic acids is 1. The number of sulfone groups is 2. The molecule has 0 amide bonds. The zero-order valence-electron chi connectivity index (χ0n) is 30.6. The molecule has 0 saturated heterocycles. The Morgan fingerprint density at radius 3 is 1.38 bits per heavy atom. The van der Waals surface area contributed by atoms with E-state index in [2.05, 4.69) is 39.1 Å². The van der Waals surface area contributed by atoms with E-state index in [1.165, 1.54) is 13.2 Å². The van der Waals surface area contributed by atoms with E-state index in [4.69, 9.17) is 25.3 Å². The minimum absolute atomic E-state index is 0.0243. The van der Waals surface area contributed by atoms with Crippen molar-refractivity contribution in [2.45, 2.75) is 14.7 Å². The topological polar surface area (TPSA) is 423 Å². The van der Waals surface area contributed by atoms with Crippen molar-refractivity contribution < 1.29 is 78.8 Å². The van der Waals surface area contributed by atoms with E-state index in [9.17, 15) is 56.5 Å². The second kappa shape index (κ2) is 18.8. The minimum atomic E-state index is -4.98. The molecule has 8 N–H and O–H groups in total. The number of anilines is 2. The third kappa shape index (κ3) is 13.0. The van der Waals surface area contributed by atoms with Crippen LogP contribution < -0.4 is 16.2 Å². The molecule has 0 aliphatic carbocycles. The Hall–Kier alpha value is -5.90. The first-order valence-corrected chi connectivity index (χ1v) is 23.5. The fourth-order valence-electron chi connectivity index (χ4n) is 4.67. The van der Waals surface area contributed by atoms with Crippen molar-refractivity contribution in [3.8, 4) is 5.75 Å². The highest BCUT2D eigenvalue weighted by atomic mass is 32.3. The van der Waals surface area contributed by atoms with Crippen LogP contribution in [0, 0.1) is 0 Å². The summed E-state index contributed by atoms with van der Waals surface area (Å²) < 4.78 is 158. The molecule has 0 spiro atoms. The van der Waals surface area contributed by atoms with Crippen molar-refractivity contribution in [2.24, 2.45) is 30.7 Å². The number of ether oxygens (including phenoxy) is 1. The zero-order chi connectivity index (χ0) is 45.6. The molecule has 0 bridgehead atoms. The molecule has 0 aliphatic rings. The number of nitrogens with two attached hydrogens (primary N) is 2. The van der Waals surface area contributed by atoms with Crippen LogP contribution in [0.25, 0.3) is 0 Å². The van der Waals surface area contributed by atoms with Crippen molar-refractivity contribution in [1.82, 2.24) is 0 Å². The van der Waals surface area contributed by atoms with Crippen LogP contribution in [0.3, 0.4) is 0 Å². The SMILES string of the molecule is COc1ccc(N=Nc2c(N)c(N=Nc3ccc(S(=O)(=O)CCOS(=O)(=O)O)cc3)c(N)c(N=Nc3ccc(S(=O)(=O)CCOS(=O)(=O)O)cc3)c2C(=O)O)c(S(=O)(=O)O)c1. The van der Waals surface area contributed by atoms with Crippen LogP contribution in [-0.4, -0.2) is 98.7 Å². The monoisotopic (exact) mass is 950 g/mol. The molecule has 0 aliphatic heterocycles. The lowest BCUT2D eigenvalue weighted by Gasteiger charge is -2.13. The van der Waals surface area contributed by atoms with E-state index < -0.39 is 126 Å². The van der Waals surface area contributed by atoms with Gasteiger partial charge in [0, 0.05) is 6.07 Å². The molecule has 0 unspecified atom stereocenters. The van der Waals surface area contributed by atoms with E-state index in [1.807, 2.05) is 0 Å². The van der Waals surface area contributed by atoms with E-state index in [-0.39, 0.29) is 26.9 Å². The first kappa shape index (κ1) is 47.8. The maximum atomic E-state index is 12.8. The van der Waals surface area contributed by atoms with Crippen LogP contribution in [0.1, 0.15) is 10.4 Å². The summed E-state index contributed by atoms with van der Waals surface area (Å²) in [5.41, 5.74) is 7.84. The molecule has 26 nitrogen and oxygen atoms in total. The second-order valence-electron chi connectivity index (χ2n) is 11.6. The molecular formula is C30H30N8O18S5. The number of azo groups is 3. The summed E-state index contributed by atoms with van der Waals surface area (Å²) in [6.45, 7) is -1.80. The zero-order valence-corrected chi connectivity index (χ0v) is 34.6. The molecule has 0 radical (unpaired) electrons. The molecule has 4 rings (SSSR count). The van der Waals surface area contributed by atoms with Crippen molar-refractivity contribution in [2.75, 3.05) is 43.3 Å². The molecule has 0 fully saturated rings. The highest BCUT2D eigenvalue weighted by Gasteiger charge is 2.28. The number of nitrogen functional groups attached to an aromatic ring is 2. The van der Waals surface area contributed by atoms with Crippen molar-refractivity contribution in [1.29, 1.82) is 0 Å². The lowest BCUT2D eigenvalue weighted by molar-refractivity contribution is 0.0698. The number of nitrogens with zero attached hydrogens (tertiary/aromatic N) is 6. The number of methoxy groups -OCH3 is 1. The number of hydrogen-bond donors (Lipinski definition) is 6. The van der Waals surface area contributed by atoms with Crippen molar-refractivity contribution in [3.63, 3.8) is 0 Å². The number of carbonyl (C=O) groups is 1. The van der Waals surface area contributed by atoms with Crippen molar-refractivity contribution >= 4 is 102 Å².